The first-order valence-corrected chi connectivity index (χ1v) is 14.2. The fraction of sp³-hybridized carbons (Fsp3) is 0.917. The molecule has 4 nitrogen and oxygen atoms in total. The van der Waals surface area contributed by atoms with Crippen molar-refractivity contribution in [3.05, 3.63) is 12.2 Å². The smallest absolute Gasteiger partial charge is 0.377 e. The molecule has 0 aliphatic heterocycles. The van der Waals surface area contributed by atoms with Crippen LogP contribution in [-0.2, 0) is 13.3 Å². The van der Waals surface area contributed by atoms with E-state index in [1.807, 2.05) is 0 Å². The van der Waals surface area contributed by atoms with Gasteiger partial charge in [-0.3, -0.25) is 0 Å². The van der Waals surface area contributed by atoms with Crippen molar-refractivity contribution in [2.45, 2.75) is 115 Å². The summed E-state index contributed by atoms with van der Waals surface area (Å²) >= 11 is 0. The SMILES string of the molecule is CO[Si](CCCCCCCCCCC/C=C\CCCCCCCCN)(OC)OC. The summed E-state index contributed by atoms with van der Waals surface area (Å²) in [5.74, 6) is 0. The molecule has 0 aromatic heterocycles. The topological polar surface area (TPSA) is 53.7 Å². The van der Waals surface area contributed by atoms with Gasteiger partial charge in [0.2, 0.25) is 0 Å². The summed E-state index contributed by atoms with van der Waals surface area (Å²) in [4.78, 5) is 0. The van der Waals surface area contributed by atoms with E-state index in [1.54, 1.807) is 21.3 Å². The minimum absolute atomic E-state index is 0.852. The number of unbranched alkanes of at least 4 members (excludes halogenated alkanes) is 15. The molecule has 0 aromatic carbocycles. The van der Waals surface area contributed by atoms with Crippen LogP contribution >= 0.6 is 0 Å². The zero-order chi connectivity index (χ0) is 21.5. The molecule has 2 N–H and O–H groups in total. The van der Waals surface area contributed by atoms with E-state index < -0.39 is 8.80 Å². The van der Waals surface area contributed by atoms with Crippen molar-refractivity contribution >= 4 is 8.80 Å². The second-order valence-electron chi connectivity index (χ2n) is 8.19. The molecule has 0 aliphatic carbocycles. The third-order valence-electron chi connectivity index (χ3n) is 5.78. The lowest BCUT2D eigenvalue weighted by Gasteiger charge is -2.24. The van der Waals surface area contributed by atoms with E-state index in [0.29, 0.717) is 0 Å². The molecule has 0 unspecified atom stereocenters. The summed E-state index contributed by atoms with van der Waals surface area (Å²) in [6, 6.07) is 0.929. The zero-order valence-electron chi connectivity index (χ0n) is 19.9. The van der Waals surface area contributed by atoms with Crippen molar-refractivity contribution in [3.63, 3.8) is 0 Å². The molecule has 0 heterocycles. The molecule has 0 saturated carbocycles. The van der Waals surface area contributed by atoms with Gasteiger partial charge < -0.3 is 19.0 Å². The third-order valence-corrected chi connectivity index (χ3v) is 8.61. The lowest BCUT2D eigenvalue weighted by molar-refractivity contribution is 0.122. The summed E-state index contributed by atoms with van der Waals surface area (Å²) in [6.45, 7) is 0.852. The number of nitrogens with two attached hydrogens (primary N) is 1. The Kier molecular flexibility index (Phi) is 22.3. The number of hydrogen-bond donors (Lipinski definition) is 1. The van der Waals surface area contributed by atoms with Gasteiger partial charge in [0.05, 0.1) is 0 Å². The van der Waals surface area contributed by atoms with Gasteiger partial charge in [-0.1, -0.05) is 82.8 Å². The maximum atomic E-state index is 5.51. The van der Waals surface area contributed by atoms with Crippen LogP contribution in [0.25, 0.3) is 0 Å². The normalized spacial score (nSPS) is 12.3. The lowest BCUT2D eigenvalue weighted by atomic mass is 10.1. The zero-order valence-corrected chi connectivity index (χ0v) is 20.9. The van der Waals surface area contributed by atoms with Crippen molar-refractivity contribution in [3.8, 4) is 0 Å². The van der Waals surface area contributed by atoms with Crippen LogP contribution in [-0.4, -0.2) is 36.7 Å². The van der Waals surface area contributed by atoms with Crippen LogP contribution in [0.4, 0.5) is 0 Å². The van der Waals surface area contributed by atoms with Crippen molar-refractivity contribution in [2.24, 2.45) is 5.73 Å². The largest absolute Gasteiger partial charge is 0.500 e. The molecule has 0 bridgehead atoms. The van der Waals surface area contributed by atoms with Gasteiger partial charge in [-0.2, -0.15) is 0 Å². The fourth-order valence-electron chi connectivity index (χ4n) is 3.75. The number of hydrogen-bond acceptors (Lipinski definition) is 4. The number of allylic oxidation sites excluding steroid dienone is 2. The highest BCUT2D eigenvalue weighted by molar-refractivity contribution is 6.60. The van der Waals surface area contributed by atoms with Crippen molar-refractivity contribution in [2.75, 3.05) is 27.9 Å². The molecular weight excluding hydrogens is 378 g/mol. The molecule has 5 heteroatoms. The average molecular weight is 430 g/mol. The van der Waals surface area contributed by atoms with Crippen molar-refractivity contribution in [1.29, 1.82) is 0 Å². The fourth-order valence-corrected chi connectivity index (χ4v) is 5.54. The quantitative estimate of drug-likeness (QED) is 0.108. The highest BCUT2D eigenvalue weighted by atomic mass is 28.4. The lowest BCUT2D eigenvalue weighted by Crippen LogP contribution is -2.42. The minimum atomic E-state index is -2.34. The Morgan fingerprint density at radius 3 is 1.24 bits per heavy atom. The molecule has 0 radical (unpaired) electrons. The minimum Gasteiger partial charge on any atom is -0.377 e. The molecular formula is C24H51NO3Si. The molecule has 0 atom stereocenters. The van der Waals surface area contributed by atoms with Crippen LogP contribution in [0.3, 0.4) is 0 Å². The van der Waals surface area contributed by atoms with Crippen LogP contribution in [0, 0.1) is 0 Å². The average Bonchev–Trinajstić information content (AvgIpc) is 2.75. The molecule has 174 valence electrons. The maximum absolute atomic E-state index is 5.51. The first kappa shape index (κ1) is 28.8. The molecule has 0 aliphatic rings. The Labute approximate surface area is 183 Å². The van der Waals surface area contributed by atoms with Crippen molar-refractivity contribution < 1.29 is 13.3 Å². The summed E-state index contributed by atoms with van der Waals surface area (Å²) in [5.41, 5.74) is 5.51. The van der Waals surface area contributed by atoms with E-state index >= 15 is 0 Å². The molecule has 0 aromatic rings. The van der Waals surface area contributed by atoms with Gasteiger partial charge in [-0.15, -0.1) is 0 Å². The monoisotopic (exact) mass is 429 g/mol. The number of rotatable bonds is 23. The standard InChI is InChI=1S/C24H51NO3Si/c1-26-29(27-2,28-3)24-22-20-18-16-14-12-10-8-6-4-5-7-9-11-13-15-17-19-21-23-25/h5,7H,4,6,8-25H2,1-3H3/b7-5-. The van der Waals surface area contributed by atoms with E-state index in [2.05, 4.69) is 12.2 Å². The van der Waals surface area contributed by atoms with Gasteiger partial charge in [0.15, 0.2) is 0 Å². The highest BCUT2D eigenvalue weighted by Crippen LogP contribution is 2.18. The molecule has 29 heavy (non-hydrogen) atoms. The van der Waals surface area contributed by atoms with Gasteiger partial charge >= 0.3 is 8.80 Å². The Hall–Kier alpha value is -0.203. The van der Waals surface area contributed by atoms with Crippen LogP contribution < -0.4 is 5.73 Å². The highest BCUT2D eigenvalue weighted by Gasteiger charge is 2.36. The Morgan fingerprint density at radius 1 is 0.517 bits per heavy atom. The Balaban J connectivity index is 3.25. The van der Waals surface area contributed by atoms with Gasteiger partial charge in [-0.25, -0.2) is 0 Å². The summed E-state index contributed by atoms with van der Waals surface area (Å²) in [5, 5.41) is 0. The second kappa shape index (κ2) is 22.5. The Bertz CT molecular complexity index is 341. The summed E-state index contributed by atoms with van der Waals surface area (Å²) in [6.07, 6.45) is 27.3. The molecule has 0 spiro atoms. The van der Waals surface area contributed by atoms with Gasteiger partial charge in [0, 0.05) is 27.4 Å². The predicted octanol–water partition coefficient (Wildman–Crippen LogP) is 7.01. The van der Waals surface area contributed by atoms with Gasteiger partial charge in [0.25, 0.3) is 0 Å². The summed E-state index contributed by atoms with van der Waals surface area (Å²) < 4.78 is 16.4. The van der Waals surface area contributed by atoms with Crippen LogP contribution in [0.5, 0.6) is 0 Å². The summed E-state index contributed by atoms with van der Waals surface area (Å²) in [7, 11) is 2.75. The first-order valence-electron chi connectivity index (χ1n) is 12.2. The molecule has 0 rings (SSSR count). The van der Waals surface area contributed by atoms with E-state index in [4.69, 9.17) is 19.0 Å². The molecule has 0 amide bonds. The maximum Gasteiger partial charge on any atom is 0.500 e. The van der Waals surface area contributed by atoms with Crippen LogP contribution in [0.1, 0.15) is 109 Å². The van der Waals surface area contributed by atoms with Gasteiger partial charge in [-0.05, 0) is 45.1 Å². The van der Waals surface area contributed by atoms with E-state index in [-0.39, 0.29) is 0 Å². The Morgan fingerprint density at radius 2 is 0.862 bits per heavy atom. The third kappa shape index (κ3) is 18.3. The van der Waals surface area contributed by atoms with Crippen LogP contribution in [0.2, 0.25) is 6.04 Å². The first-order chi connectivity index (χ1) is 14.2. The predicted molar refractivity (Wildman–Crippen MR) is 128 cm³/mol. The van der Waals surface area contributed by atoms with E-state index in [1.165, 1.54) is 103 Å². The molecule has 0 saturated heterocycles. The van der Waals surface area contributed by atoms with Gasteiger partial charge in [0.1, 0.15) is 0 Å². The molecule has 0 fully saturated rings. The van der Waals surface area contributed by atoms with E-state index in [9.17, 15) is 0 Å². The van der Waals surface area contributed by atoms with Crippen molar-refractivity contribution in [1.82, 2.24) is 0 Å². The van der Waals surface area contributed by atoms with Crippen LogP contribution in [0.15, 0.2) is 12.2 Å². The second-order valence-corrected chi connectivity index (χ2v) is 11.3. The van der Waals surface area contributed by atoms with E-state index in [0.717, 1.165) is 19.0 Å².